The van der Waals surface area contributed by atoms with Crippen molar-refractivity contribution in [2.75, 3.05) is 6.61 Å². The molecule has 2 rings (SSSR count). The molecule has 0 aliphatic carbocycles. The Balaban J connectivity index is 1.93. The van der Waals surface area contributed by atoms with Gasteiger partial charge in [-0.05, 0) is 35.4 Å². The number of aliphatic hydroxyl groups excluding tert-OH is 1. The molecular formula is C17H19FN2O3. The molecule has 0 fully saturated rings. The lowest BCUT2D eigenvalue weighted by atomic mass is 10.2. The number of amides is 1. The first-order valence-electron chi connectivity index (χ1n) is 7.18. The van der Waals surface area contributed by atoms with E-state index in [4.69, 9.17) is 15.6 Å². The summed E-state index contributed by atoms with van der Waals surface area (Å²) in [6.07, 6.45) is 0. The molecule has 0 spiro atoms. The Morgan fingerprint density at radius 3 is 2.65 bits per heavy atom. The molecule has 5 nitrogen and oxygen atoms in total. The summed E-state index contributed by atoms with van der Waals surface area (Å²) in [5, 5.41) is 11.9. The van der Waals surface area contributed by atoms with E-state index in [1.54, 1.807) is 18.2 Å². The second kappa shape index (κ2) is 8.26. The minimum atomic E-state index is -0.785. The number of hydrogen-bond acceptors (Lipinski definition) is 4. The molecule has 4 N–H and O–H groups in total. The summed E-state index contributed by atoms with van der Waals surface area (Å²) in [6.45, 7) is 0.269. The largest absolute Gasteiger partial charge is 0.489 e. The third-order valence-electron chi connectivity index (χ3n) is 3.27. The zero-order valence-corrected chi connectivity index (χ0v) is 12.5. The molecule has 0 bridgehead atoms. The summed E-state index contributed by atoms with van der Waals surface area (Å²) in [5.74, 6) is -0.273. The van der Waals surface area contributed by atoms with Gasteiger partial charge in [0.05, 0.1) is 6.61 Å². The first-order valence-corrected chi connectivity index (χ1v) is 7.18. The highest BCUT2D eigenvalue weighted by Gasteiger charge is 2.12. The maximum Gasteiger partial charge on any atom is 0.236 e. The Labute approximate surface area is 133 Å². The molecule has 1 unspecified atom stereocenters. The highest BCUT2D eigenvalue weighted by Crippen LogP contribution is 2.15. The molecule has 0 saturated heterocycles. The van der Waals surface area contributed by atoms with Gasteiger partial charge in [0.15, 0.2) is 0 Å². The molecule has 1 atom stereocenters. The average Bonchev–Trinajstić information content (AvgIpc) is 2.54. The third kappa shape index (κ3) is 5.36. The van der Waals surface area contributed by atoms with E-state index in [9.17, 15) is 9.18 Å². The fraction of sp³-hybridized carbons (Fsp3) is 0.235. The van der Waals surface area contributed by atoms with Crippen molar-refractivity contribution in [2.24, 2.45) is 5.73 Å². The van der Waals surface area contributed by atoms with Crippen LogP contribution in [-0.2, 0) is 17.9 Å². The van der Waals surface area contributed by atoms with E-state index in [0.717, 1.165) is 11.1 Å². The van der Waals surface area contributed by atoms with E-state index < -0.39 is 11.9 Å². The highest BCUT2D eigenvalue weighted by atomic mass is 19.1. The Bertz CT molecular complexity index is 664. The van der Waals surface area contributed by atoms with Crippen molar-refractivity contribution in [3.8, 4) is 5.75 Å². The van der Waals surface area contributed by atoms with Gasteiger partial charge >= 0.3 is 0 Å². The van der Waals surface area contributed by atoms with Crippen molar-refractivity contribution in [2.45, 2.75) is 19.2 Å². The fourth-order valence-electron chi connectivity index (χ4n) is 2.03. The van der Waals surface area contributed by atoms with E-state index in [-0.39, 0.29) is 19.0 Å². The van der Waals surface area contributed by atoms with E-state index >= 15 is 0 Å². The molecule has 1 amide bonds. The number of halogens is 1. The molecule has 0 aromatic heterocycles. The van der Waals surface area contributed by atoms with Gasteiger partial charge in [-0.1, -0.05) is 24.3 Å². The topological polar surface area (TPSA) is 84.6 Å². The van der Waals surface area contributed by atoms with Gasteiger partial charge in [-0.3, -0.25) is 10.1 Å². The van der Waals surface area contributed by atoms with Gasteiger partial charge in [-0.25, -0.2) is 4.39 Å². The number of nitrogens with one attached hydrogen (secondary N) is 1. The number of ether oxygens (including phenoxy) is 1. The van der Waals surface area contributed by atoms with Gasteiger partial charge in [0.1, 0.15) is 24.2 Å². The van der Waals surface area contributed by atoms with Gasteiger partial charge in [0, 0.05) is 6.54 Å². The van der Waals surface area contributed by atoms with Crippen LogP contribution in [-0.4, -0.2) is 23.7 Å². The number of nitrogens with two attached hydrogens (primary N) is 1. The SMILES string of the molecule is NC(=O)C(CO)NCc1cccc(OCc2cccc(F)c2)c1. The van der Waals surface area contributed by atoms with Crippen LogP contribution in [0.5, 0.6) is 5.75 Å². The van der Waals surface area contributed by atoms with Crippen molar-refractivity contribution in [1.29, 1.82) is 0 Å². The molecule has 0 saturated carbocycles. The average molecular weight is 318 g/mol. The first-order chi connectivity index (χ1) is 11.1. The van der Waals surface area contributed by atoms with Crippen LogP contribution in [0, 0.1) is 5.82 Å². The molecule has 23 heavy (non-hydrogen) atoms. The summed E-state index contributed by atoms with van der Waals surface area (Å²) in [5.41, 5.74) is 6.76. The minimum absolute atomic E-state index is 0.259. The zero-order valence-electron chi connectivity index (χ0n) is 12.5. The number of benzene rings is 2. The molecular weight excluding hydrogens is 299 g/mol. The molecule has 0 radical (unpaired) electrons. The van der Waals surface area contributed by atoms with E-state index in [2.05, 4.69) is 5.32 Å². The number of aliphatic hydroxyl groups is 1. The number of carbonyl (C=O) groups is 1. The van der Waals surface area contributed by atoms with Crippen LogP contribution >= 0.6 is 0 Å². The van der Waals surface area contributed by atoms with Crippen LogP contribution in [0.1, 0.15) is 11.1 Å². The predicted octanol–water partition coefficient (Wildman–Crippen LogP) is 1.34. The Kier molecular flexibility index (Phi) is 6.08. The van der Waals surface area contributed by atoms with Gasteiger partial charge in [-0.15, -0.1) is 0 Å². The summed E-state index contributed by atoms with van der Waals surface area (Å²) >= 11 is 0. The minimum Gasteiger partial charge on any atom is -0.489 e. The molecule has 0 aliphatic heterocycles. The lowest BCUT2D eigenvalue weighted by molar-refractivity contribution is -0.120. The first kappa shape index (κ1) is 16.9. The Morgan fingerprint density at radius 2 is 1.96 bits per heavy atom. The lowest BCUT2D eigenvalue weighted by Gasteiger charge is -2.13. The van der Waals surface area contributed by atoms with Gasteiger partial charge in [0.25, 0.3) is 0 Å². The summed E-state index contributed by atoms with van der Waals surface area (Å²) in [6, 6.07) is 12.7. The monoisotopic (exact) mass is 318 g/mol. The number of carbonyl (C=O) groups excluding carboxylic acids is 1. The van der Waals surface area contributed by atoms with Crippen molar-refractivity contribution in [3.05, 3.63) is 65.5 Å². The normalized spacial score (nSPS) is 11.9. The second-order valence-corrected chi connectivity index (χ2v) is 5.08. The molecule has 2 aromatic carbocycles. The van der Waals surface area contributed by atoms with Crippen molar-refractivity contribution in [1.82, 2.24) is 5.32 Å². The molecule has 6 heteroatoms. The standard InChI is InChI=1S/C17H19FN2O3/c18-14-5-1-4-13(7-14)11-23-15-6-2-3-12(8-15)9-20-16(10-21)17(19)22/h1-8,16,20-21H,9-11H2,(H2,19,22). The van der Waals surface area contributed by atoms with Gasteiger partial charge in [0.2, 0.25) is 5.91 Å². The third-order valence-corrected chi connectivity index (χ3v) is 3.27. The highest BCUT2D eigenvalue weighted by molar-refractivity contribution is 5.79. The van der Waals surface area contributed by atoms with Crippen LogP contribution in [0.25, 0.3) is 0 Å². The van der Waals surface area contributed by atoms with Crippen molar-refractivity contribution in [3.63, 3.8) is 0 Å². The number of rotatable bonds is 8. The van der Waals surface area contributed by atoms with E-state index in [1.807, 2.05) is 18.2 Å². The van der Waals surface area contributed by atoms with Crippen LogP contribution in [0.3, 0.4) is 0 Å². The molecule has 122 valence electrons. The van der Waals surface area contributed by atoms with Gasteiger partial charge < -0.3 is 15.6 Å². The van der Waals surface area contributed by atoms with Crippen LogP contribution < -0.4 is 15.8 Å². The molecule has 2 aromatic rings. The Hall–Kier alpha value is -2.44. The molecule has 0 aliphatic rings. The second-order valence-electron chi connectivity index (χ2n) is 5.08. The van der Waals surface area contributed by atoms with E-state index in [0.29, 0.717) is 12.3 Å². The Morgan fingerprint density at radius 1 is 1.22 bits per heavy atom. The number of hydrogen-bond donors (Lipinski definition) is 3. The quantitative estimate of drug-likeness (QED) is 0.686. The smallest absolute Gasteiger partial charge is 0.236 e. The van der Waals surface area contributed by atoms with Crippen LogP contribution in [0.2, 0.25) is 0 Å². The van der Waals surface area contributed by atoms with Crippen LogP contribution in [0.4, 0.5) is 4.39 Å². The lowest BCUT2D eigenvalue weighted by Crippen LogP contribution is -2.43. The summed E-state index contributed by atoms with van der Waals surface area (Å²) < 4.78 is 18.7. The molecule has 0 heterocycles. The van der Waals surface area contributed by atoms with E-state index in [1.165, 1.54) is 12.1 Å². The van der Waals surface area contributed by atoms with Gasteiger partial charge in [-0.2, -0.15) is 0 Å². The maximum absolute atomic E-state index is 13.1. The fourth-order valence-corrected chi connectivity index (χ4v) is 2.03. The van der Waals surface area contributed by atoms with Crippen molar-refractivity contribution >= 4 is 5.91 Å². The predicted molar refractivity (Wildman–Crippen MR) is 84.1 cm³/mol. The zero-order chi connectivity index (χ0) is 16.7. The maximum atomic E-state index is 13.1. The summed E-state index contributed by atoms with van der Waals surface area (Å²) in [7, 11) is 0. The number of primary amides is 1. The van der Waals surface area contributed by atoms with Crippen LogP contribution in [0.15, 0.2) is 48.5 Å². The van der Waals surface area contributed by atoms with Crippen molar-refractivity contribution < 1.29 is 19.0 Å². The summed E-state index contributed by atoms with van der Waals surface area (Å²) in [4.78, 5) is 11.0.